The highest BCUT2D eigenvalue weighted by Gasteiger charge is 2.25. The van der Waals surface area contributed by atoms with E-state index >= 15 is 0 Å². The summed E-state index contributed by atoms with van der Waals surface area (Å²) in [6.07, 6.45) is 1.52. The van der Waals surface area contributed by atoms with Gasteiger partial charge in [-0.25, -0.2) is 0 Å². The molecule has 1 N–H and O–H groups in total. The largest absolute Gasteiger partial charge is 0.353 e. The Kier molecular flexibility index (Phi) is 6.27. The summed E-state index contributed by atoms with van der Waals surface area (Å²) in [7, 11) is 0. The Morgan fingerprint density at radius 1 is 1.04 bits per heavy atom. The van der Waals surface area contributed by atoms with Crippen molar-refractivity contribution >= 4 is 17.5 Å². The molecule has 0 radical (unpaired) electrons. The molecule has 3 rings (SSSR count). The number of piperazine rings is 1. The average Bonchev–Trinajstić information content (AvgIpc) is 3.04. The van der Waals surface area contributed by atoms with Gasteiger partial charge in [0.25, 0.3) is 0 Å². The molecule has 2 aliphatic heterocycles. The lowest BCUT2D eigenvalue weighted by atomic mass is 10.2. The minimum absolute atomic E-state index is 0.0938. The van der Waals surface area contributed by atoms with Crippen LogP contribution in [0.4, 0.5) is 5.69 Å². The fourth-order valence-electron chi connectivity index (χ4n) is 3.73. The van der Waals surface area contributed by atoms with Crippen molar-refractivity contribution in [3.63, 3.8) is 0 Å². The number of hydrogen-bond donors (Lipinski definition) is 1. The third-order valence-electron chi connectivity index (χ3n) is 5.11. The molecular weight excluding hydrogens is 328 g/mol. The van der Waals surface area contributed by atoms with Crippen LogP contribution in [-0.2, 0) is 16.0 Å². The fraction of sp³-hybridized carbons (Fsp3) is 0.600. The number of carbonyl (C=O) groups excluding carboxylic acids is 2. The summed E-state index contributed by atoms with van der Waals surface area (Å²) < 4.78 is 0. The van der Waals surface area contributed by atoms with Crippen molar-refractivity contribution in [2.75, 3.05) is 50.7 Å². The molecule has 0 unspecified atom stereocenters. The van der Waals surface area contributed by atoms with E-state index in [9.17, 15) is 9.59 Å². The molecule has 2 heterocycles. The molecule has 0 atom stereocenters. The van der Waals surface area contributed by atoms with E-state index < -0.39 is 0 Å². The van der Waals surface area contributed by atoms with E-state index in [1.54, 1.807) is 0 Å². The molecule has 1 aromatic carbocycles. The molecule has 0 saturated carbocycles. The Labute approximate surface area is 156 Å². The highest BCUT2D eigenvalue weighted by molar-refractivity contribution is 5.95. The Bertz CT molecular complexity index is 638. The first kappa shape index (κ1) is 18.9. The summed E-state index contributed by atoms with van der Waals surface area (Å²) in [5, 5.41) is 2.94. The lowest BCUT2D eigenvalue weighted by Crippen LogP contribution is -2.50. The molecule has 1 saturated heterocycles. The zero-order valence-electron chi connectivity index (χ0n) is 15.9. The third kappa shape index (κ3) is 4.83. The predicted molar refractivity (Wildman–Crippen MR) is 103 cm³/mol. The van der Waals surface area contributed by atoms with Crippen molar-refractivity contribution < 1.29 is 9.59 Å². The van der Waals surface area contributed by atoms with Gasteiger partial charge < -0.3 is 15.1 Å². The molecule has 0 spiro atoms. The molecule has 0 aliphatic carbocycles. The van der Waals surface area contributed by atoms with E-state index in [1.807, 2.05) is 36.9 Å². The van der Waals surface area contributed by atoms with Crippen molar-refractivity contribution in [1.29, 1.82) is 0 Å². The van der Waals surface area contributed by atoms with Crippen LogP contribution in [0.1, 0.15) is 25.8 Å². The Morgan fingerprint density at radius 3 is 2.46 bits per heavy atom. The van der Waals surface area contributed by atoms with E-state index in [1.165, 1.54) is 5.56 Å². The molecule has 1 aromatic rings. The van der Waals surface area contributed by atoms with Gasteiger partial charge in [-0.05, 0) is 31.9 Å². The van der Waals surface area contributed by atoms with Gasteiger partial charge in [-0.15, -0.1) is 0 Å². The Morgan fingerprint density at radius 2 is 1.73 bits per heavy atom. The number of rotatable bonds is 6. The summed E-state index contributed by atoms with van der Waals surface area (Å²) in [4.78, 5) is 30.9. The zero-order valence-corrected chi connectivity index (χ0v) is 15.9. The van der Waals surface area contributed by atoms with Gasteiger partial charge in [-0.2, -0.15) is 0 Å². The van der Waals surface area contributed by atoms with Crippen LogP contribution in [0.5, 0.6) is 0 Å². The normalized spacial score (nSPS) is 18.2. The van der Waals surface area contributed by atoms with Gasteiger partial charge in [-0.3, -0.25) is 14.5 Å². The van der Waals surface area contributed by atoms with E-state index in [2.05, 4.69) is 21.2 Å². The van der Waals surface area contributed by atoms with Crippen LogP contribution in [-0.4, -0.2) is 73.5 Å². The van der Waals surface area contributed by atoms with Gasteiger partial charge in [-0.1, -0.05) is 18.2 Å². The molecule has 6 heteroatoms. The van der Waals surface area contributed by atoms with Crippen molar-refractivity contribution in [2.45, 2.75) is 32.7 Å². The zero-order chi connectivity index (χ0) is 18.5. The first-order valence-electron chi connectivity index (χ1n) is 9.65. The van der Waals surface area contributed by atoms with Crippen molar-refractivity contribution in [1.82, 2.24) is 15.1 Å². The third-order valence-corrected chi connectivity index (χ3v) is 5.11. The second-order valence-corrected chi connectivity index (χ2v) is 7.51. The van der Waals surface area contributed by atoms with Gasteiger partial charge in [0.05, 0.1) is 6.54 Å². The second kappa shape index (κ2) is 8.64. The quantitative estimate of drug-likeness (QED) is 0.828. The van der Waals surface area contributed by atoms with E-state index in [-0.39, 0.29) is 17.9 Å². The van der Waals surface area contributed by atoms with Crippen LogP contribution in [0.3, 0.4) is 0 Å². The first-order chi connectivity index (χ1) is 12.5. The Hall–Kier alpha value is -1.92. The van der Waals surface area contributed by atoms with Crippen LogP contribution in [0.15, 0.2) is 24.3 Å². The number of benzene rings is 1. The average molecular weight is 358 g/mol. The molecule has 2 aliphatic rings. The highest BCUT2D eigenvalue weighted by atomic mass is 16.2. The fourth-order valence-corrected chi connectivity index (χ4v) is 3.73. The van der Waals surface area contributed by atoms with Crippen molar-refractivity contribution in [3.05, 3.63) is 29.8 Å². The van der Waals surface area contributed by atoms with E-state index in [0.717, 1.165) is 51.4 Å². The van der Waals surface area contributed by atoms with E-state index in [4.69, 9.17) is 0 Å². The molecule has 0 bridgehead atoms. The van der Waals surface area contributed by atoms with Crippen LogP contribution >= 0.6 is 0 Å². The van der Waals surface area contributed by atoms with Gasteiger partial charge in [0.1, 0.15) is 0 Å². The van der Waals surface area contributed by atoms with Crippen molar-refractivity contribution in [2.24, 2.45) is 0 Å². The number of amides is 2. The summed E-state index contributed by atoms with van der Waals surface area (Å²) in [6, 6.07) is 8.37. The number of nitrogens with one attached hydrogen (secondary N) is 1. The monoisotopic (exact) mass is 358 g/mol. The molecule has 6 nitrogen and oxygen atoms in total. The minimum atomic E-state index is 0.0938. The van der Waals surface area contributed by atoms with Crippen LogP contribution in [0.25, 0.3) is 0 Å². The number of anilines is 1. The van der Waals surface area contributed by atoms with E-state index in [0.29, 0.717) is 13.0 Å². The number of para-hydroxylation sites is 1. The summed E-state index contributed by atoms with van der Waals surface area (Å²) in [6.45, 7) is 9.61. The lowest BCUT2D eigenvalue weighted by Gasteiger charge is -2.34. The Balaban J connectivity index is 1.39. The number of nitrogens with zero attached hydrogens (tertiary/aromatic N) is 3. The van der Waals surface area contributed by atoms with Gasteiger partial charge in [0.15, 0.2) is 0 Å². The first-order valence-corrected chi connectivity index (χ1v) is 9.65. The SMILES string of the molecule is CC(C)NC(=O)CN1CCN(CCC(=O)N2CCc3ccccc32)CC1. The topological polar surface area (TPSA) is 55.9 Å². The van der Waals surface area contributed by atoms with Crippen molar-refractivity contribution in [3.8, 4) is 0 Å². The second-order valence-electron chi connectivity index (χ2n) is 7.51. The minimum Gasteiger partial charge on any atom is -0.353 e. The maximum atomic E-state index is 12.6. The van der Waals surface area contributed by atoms with Gasteiger partial charge >= 0.3 is 0 Å². The van der Waals surface area contributed by atoms with Crippen LogP contribution < -0.4 is 10.2 Å². The number of fused-ring (bicyclic) bond motifs is 1. The summed E-state index contributed by atoms with van der Waals surface area (Å²) in [5.74, 6) is 0.310. The highest BCUT2D eigenvalue weighted by Crippen LogP contribution is 2.27. The molecular formula is C20H30N4O2. The standard InChI is InChI=1S/C20H30N4O2/c1-16(2)21-19(25)15-23-13-11-22(12-14-23)9-8-20(26)24-10-7-17-5-3-4-6-18(17)24/h3-6,16H,7-15H2,1-2H3,(H,21,25). The van der Waals surface area contributed by atoms with Crippen LogP contribution in [0.2, 0.25) is 0 Å². The maximum absolute atomic E-state index is 12.6. The van der Waals surface area contributed by atoms with Crippen LogP contribution in [0, 0.1) is 0 Å². The maximum Gasteiger partial charge on any atom is 0.234 e. The lowest BCUT2D eigenvalue weighted by molar-refractivity contribution is -0.123. The summed E-state index contributed by atoms with van der Waals surface area (Å²) >= 11 is 0. The number of carbonyl (C=O) groups is 2. The predicted octanol–water partition coefficient (Wildman–Crippen LogP) is 1.11. The van der Waals surface area contributed by atoms with Gasteiger partial charge in [0, 0.05) is 57.4 Å². The molecule has 2 amide bonds. The van der Waals surface area contributed by atoms with Gasteiger partial charge in [0.2, 0.25) is 11.8 Å². The summed E-state index contributed by atoms with van der Waals surface area (Å²) in [5.41, 5.74) is 2.35. The number of hydrogen-bond acceptors (Lipinski definition) is 4. The molecule has 1 fully saturated rings. The smallest absolute Gasteiger partial charge is 0.234 e. The molecule has 0 aromatic heterocycles. The molecule has 26 heavy (non-hydrogen) atoms. The molecule has 142 valence electrons.